The minimum absolute atomic E-state index is 0.0202. The number of carbonyl (C=O) groups excluding carboxylic acids is 1. The lowest BCUT2D eigenvalue weighted by Gasteiger charge is -2.26. The highest BCUT2D eigenvalue weighted by Crippen LogP contribution is 2.23. The zero-order valence-corrected chi connectivity index (χ0v) is 12.7. The van der Waals surface area contributed by atoms with E-state index in [-0.39, 0.29) is 18.2 Å². The Hall–Kier alpha value is -1.75. The number of hydrogen-bond donors (Lipinski definition) is 2. The molecule has 5 heteroatoms. The summed E-state index contributed by atoms with van der Waals surface area (Å²) in [4.78, 5) is 11.8. The van der Waals surface area contributed by atoms with E-state index < -0.39 is 0 Å². The number of nitrogens with one attached hydrogen (secondary N) is 2. The van der Waals surface area contributed by atoms with Gasteiger partial charge in [0, 0.05) is 13.2 Å². The molecular weight excluding hydrogens is 268 g/mol. The molecule has 0 aromatic heterocycles. The Morgan fingerprint density at radius 3 is 3.05 bits per heavy atom. The van der Waals surface area contributed by atoms with Gasteiger partial charge in [-0.15, -0.1) is 0 Å². The number of hydrogen-bond acceptors (Lipinski definition) is 3. The Morgan fingerprint density at radius 1 is 1.43 bits per heavy atom. The molecule has 2 amide bonds. The SMILES string of the molecule is CC(C)OCCCNC(=O)N[C@@H]1COc2ccccc2C1. The first-order valence-corrected chi connectivity index (χ1v) is 7.52. The van der Waals surface area contributed by atoms with Gasteiger partial charge in [-0.3, -0.25) is 0 Å². The van der Waals surface area contributed by atoms with Crippen LogP contribution in [0.3, 0.4) is 0 Å². The van der Waals surface area contributed by atoms with Gasteiger partial charge in [0.1, 0.15) is 12.4 Å². The van der Waals surface area contributed by atoms with E-state index in [1.54, 1.807) is 0 Å². The van der Waals surface area contributed by atoms with Crippen LogP contribution in [0, 0.1) is 0 Å². The van der Waals surface area contributed by atoms with E-state index in [0.717, 1.165) is 24.2 Å². The summed E-state index contributed by atoms with van der Waals surface area (Å²) in [5, 5.41) is 5.79. The van der Waals surface area contributed by atoms with E-state index in [4.69, 9.17) is 9.47 Å². The Labute approximate surface area is 126 Å². The molecular formula is C16H24N2O3. The van der Waals surface area contributed by atoms with Gasteiger partial charge in [0.25, 0.3) is 0 Å². The molecule has 0 radical (unpaired) electrons. The molecule has 0 fully saturated rings. The smallest absolute Gasteiger partial charge is 0.315 e. The second-order valence-corrected chi connectivity index (χ2v) is 5.49. The Morgan fingerprint density at radius 2 is 2.24 bits per heavy atom. The molecule has 116 valence electrons. The summed E-state index contributed by atoms with van der Waals surface area (Å²) in [5.41, 5.74) is 1.14. The topological polar surface area (TPSA) is 59.6 Å². The van der Waals surface area contributed by atoms with Gasteiger partial charge in [0.2, 0.25) is 0 Å². The van der Waals surface area contributed by atoms with Crippen LogP contribution in [0.5, 0.6) is 5.75 Å². The van der Waals surface area contributed by atoms with Crippen molar-refractivity contribution >= 4 is 6.03 Å². The lowest BCUT2D eigenvalue weighted by Crippen LogP contribution is -2.47. The Kier molecular flexibility index (Phi) is 5.87. The molecule has 0 bridgehead atoms. The monoisotopic (exact) mass is 292 g/mol. The van der Waals surface area contributed by atoms with Crippen molar-refractivity contribution in [2.45, 2.75) is 38.8 Å². The largest absolute Gasteiger partial charge is 0.491 e. The van der Waals surface area contributed by atoms with Gasteiger partial charge >= 0.3 is 6.03 Å². The van der Waals surface area contributed by atoms with Crippen molar-refractivity contribution in [3.05, 3.63) is 29.8 Å². The molecule has 2 rings (SSSR count). The molecule has 1 aliphatic rings. The summed E-state index contributed by atoms with van der Waals surface area (Å²) in [7, 11) is 0. The van der Waals surface area contributed by atoms with Crippen LogP contribution < -0.4 is 15.4 Å². The van der Waals surface area contributed by atoms with E-state index in [1.165, 1.54) is 0 Å². The van der Waals surface area contributed by atoms with Crippen LogP contribution in [0.1, 0.15) is 25.8 Å². The maximum atomic E-state index is 11.8. The summed E-state index contributed by atoms with van der Waals surface area (Å²) >= 11 is 0. The lowest BCUT2D eigenvalue weighted by atomic mass is 10.0. The first-order chi connectivity index (χ1) is 10.1. The molecule has 1 atom stereocenters. The molecule has 2 N–H and O–H groups in total. The molecule has 5 nitrogen and oxygen atoms in total. The van der Waals surface area contributed by atoms with E-state index in [0.29, 0.717) is 19.8 Å². The fourth-order valence-electron chi connectivity index (χ4n) is 2.25. The fraction of sp³-hybridized carbons (Fsp3) is 0.562. The van der Waals surface area contributed by atoms with Crippen molar-refractivity contribution in [2.24, 2.45) is 0 Å². The molecule has 0 unspecified atom stereocenters. The van der Waals surface area contributed by atoms with Crippen molar-refractivity contribution < 1.29 is 14.3 Å². The molecule has 0 saturated carbocycles. The number of para-hydroxylation sites is 1. The first kappa shape index (κ1) is 15.6. The minimum Gasteiger partial charge on any atom is -0.491 e. The standard InChI is InChI=1S/C16H24N2O3/c1-12(2)20-9-5-8-17-16(19)18-14-10-13-6-3-4-7-15(13)21-11-14/h3-4,6-7,12,14H,5,8-11H2,1-2H3,(H2,17,18,19)/t14-/m0/s1. The zero-order valence-electron chi connectivity index (χ0n) is 12.7. The minimum atomic E-state index is -0.146. The predicted octanol–water partition coefficient (Wildman–Crippen LogP) is 2.10. The van der Waals surface area contributed by atoms with Crippen molar-refractivity contribution in [1.82, 2.24) is 10.6 Å². The van der Waals surface area contributed by atoms with E-state index in [2.05, 4.69) is 10.6 Å². The van der Waals surface area contributed by atoms with Gasteiger partial charge in [0.15, 0.2) is 0 Å². The van der Waals surface area contributed by atoms with Crippen LogP contribution in [0.25, 0.3) is 0 Å². The highest BCUT2D eigenvalue weighted by Gasteiger charge is 2.20. The van der Waals surface area contributed by atoms with Crippen LogP contribution >= 0.6 is 0 Å². The maximum absolute atomic E-state index is 11.8. The van der Waals surface area contributed by atoms with Gasteiger partial charge in [-0.05, 0) is 38.3 Å². The second kappa shape index (κ2) is 7.88. The summed E-state index contributed by atoms with van der Waals surface area (Å²) in [6.45, 7) is 5.80. The maximum Gasteiger partial charge on any atom is 0.315 e. The lowest BCUT2D eigenvalue weighted by molar-refractivity contribution is 0.0774. The average Bonchev–Trinajstić information content (AvgIpc) is 2.46. The summed E-state index contributed by atoms with van der Waals surface area (Å²) < 4.78 is 11.1. The molecule has 1 aromatic carbocycles. The molecule has 0 aliphatic carbocycles. The van der Waals surface area contributed by atoms with Crippen LogP contribution in [0.2, 0.25) is 0 Å². The fourth-order valence-corrected chi connectivity index (χ4v) is 2.25. The van der Waals surface area contributed by atoms with Gasteiger partial charge in [0.05, 0.1) is 12.1 Å². The molecule has 1 heterocycles. The average molecular weight is 292 g/mol. The Bertz CT molecular complexity index is 463. The molecule has 0 saturated heterocycles. The third kappa shape index (κ3) is 5.27. The number of carbonyl (C=O) groups is 1. The van der Waals surface area contributed by atoms with Crippen molar-refractivity contribution in [3.8, 4) is 5.75 Å². The van der Waals surface area contributed by atoms with Gasteiger partial charge in [-0.1, -0.05) is 18.2 Å². The predicted molar refractivity (Wildman–Crippen MR) is 81.7 cm³/mol. The highest BCUT2D eigenvalue weighted by atomic mass is 16.5. The second-order valence-electron chi connectivity index (χ2n) is 5.49. The summed E-state index contributed by atoms with van der Waals surface area (Å²) in [6.07, 6.45) is 1.86. The Balaban J connectivity index is 1.65. The zero-order chi connectivity index (χ0) is 15.1. The molecule has 1 aromatic rings. The van der Waals surface area contributed by atoms with Crippen LogP contribution in [0.15, 0.2) is 24.3 Å². The van der Waals surface area contributed by atoms with E-state index in [1.807, 2.05) is 38.1 Å². The van der Waals surface area contributed by atoms with Crippen molar-refractivity contribution in [1.29, 1.82) is 0 Å². The normalized spacial score (nSPS) is 17.0. The number of fused-ring (bicyclic) bond motifs is 1. The van der Waals surface area contributed by atoms with Crippen molar-refractivity contribution in [3.63, 3.8) is 0 Å². The molecule has 1 aliphatic heterocycles. The highest BCUT2D eigenvalue weighted by molar-refractivity contribution is 5.74. The van der Waals surface area contributed by atoms with Crippen LogP contribution in [-0.4, -0.2) is 37.9 Å². The quantitative estimate of drug-likeness (QED) is 0.789. The number of ether oxygens (including phenoxy) is 2. The third-order valence-electron chi connectivity index (χ3n) is 3.27. The summed E-state index contributed by atoms with van der Waals surface area (Å²) in [6, 6.07) is 7.81. The van der Waals surface area contributed by atoms with Gasteiger partial charge in [-0.2, -0.15) is 0 Å². The van der Waals surface area contributed by atoms with Crippen molar-refractivity contribution in [2.75, 3.05) is 19.8 Å². The number of benzene rings is 1. The number of rotatable bonds is 6. The first-order valence-electron chi connectivity index (χ1n) is 7.52. The number of urea groups is 1. The number of amides is 2. The summed E-state index contributed by atoms with van der Waals surface area (Å²) in [5.74, 6) is 0.918. The van der Waals surface area contributed by atoms with Crippen LogP contribution in [-0.2, 0) is 11.2 Å². The van der Waals surface area contributed by atoms with Gasteiger partial charge < -0.3 is 20.1 Å². The molecule has 0 spiro atoms. The third-order valence-corrected chi connectivity index (χ3v) is 3.27. The van der Waals surface area contributed by atoms with E-state index >= 15 is 0 Å². The van der Waals surface area contributed by atoms with Crippen LogP contribution in [0.4, 0.5) is 4.79 Å². The molecule has 21 heavy (non-hydrogen) atoms. The van der Waals surface area contributed by atoms with Gasteiger partial charge in [-0.25, -0.2) is 4.79 Å². The van der Waals surface area contributed by atoms with E-state index in [9.17, 15) is 4.79 Å².